The van der Waals surface area contributed by atoms with Crippen LogP contribution in [0.3, 0.4) is 0 Å². The first-order valence-electron chi connectivity index (χ1n) is 10.6. The van der Waals surface area contributed by atoms with Gasteiger partial charge >= 0.3 is 6.03 Å². The van der Waals surface area contributed by atoms with Crippen LogP contribution in [-0.2, 0) is 0 Å². The molecule has 1 atom stereocenters. The Labute approximate surface area is 172 Å². The van der Waals surface area contributed by atoms with Gasteiger partial charge in [-0.05, 0) is 56.4 Å². The van der Waals surface area contributed by atoms with Crippen molar-refractivity contribution in [2.45, 2.75) is 52.0 Å². The molecule has 2 N–H and O–H groups in total. The molecular formula is C22H31N5O2. The summed E-state index contributed by atoms with van der Waals surface area (Å²) in [6, 6.07) is 7.01. The Morgan fingerprint density at radius 1 is 1.17 bits per heavy atom. The Balaban J connectivity index is 1.65. The summed E-state index contributed by atoms with van der Waals surface area (Å²) >= 11 is 0. The molecule has 156 valence electrons. The van der Waals surface area contributed by atoms with Crippen molar-refractivity contribution in [1.82, 2.24) is 19.8 Å². The average molecular weight is 398 g/mol. The summed E-state index contributed by atoms with van der Waals surface area (Å²) in [5, 5.41) is 2.97. The largest absolute Gasteiger partial charge is 0.347 e. The summed E-state index contributed by atoms with van der Waals surface area (Å²) in [6.45, 7) is 6.37. The van der Waals surface area contributed by atoms with Crippen molar-refractivity contribution in [2.75, 3.05) is 25.0 Å². The van der Waals surface area contributed by atoms with Crippen LogP contribution in [0.25, 0.3) is 0 Å². The van der Waals surface area contributed by atoms with Crippen molar-refractivity contribution in [3.8, 4) is 0 Å². The number of benzene rings is 1. The number of anilines is 1. The molecule has 1 saturated heterocycles. The average Bonchev–Trinajstić information content (AvgIpc) is 3.28. The van der Waals surface area contributed by atoms with Gasteiger partial charge in [-0.25, -0.2) is 9.78 Å². The summed E-state index contributed by atoms with van der Waals surface area (Å²) in [6.07, 6.45) is 8.35. The van der Waals surface area contributed by atoms with E-state index in [2.05, 4.69) is 29.1 Å². The van der Waals surface area contributed by atoms with Crippen molar-refractivity contribution < 1.29 is 9.59 Å². The molecule has 7 heteroatoms. The molecule has 2 heterocycles. The van der Waals surface area contributed by atoms with E-state index in [9.17, 15) is 9.59 Å². The molecule has 1 aromatic heterocycles. The van der Waals surface area contributed by atoms with E-state index in [0.717, 1.165) is 51.0 Å². The van der Waals surface area contributed by atoms with E-state index < -0.39 is 0 Å². The topological polar surface area (TPSA) is 81.3 Å². The van der Waals surface area contributed by atoms with E-state index >= 15 is 0 Å². The summed E-state index contributed by atoms with van der Waals surface area (Å²) in [7, 11) is 0. The molecule has 0 aliphatic carbocycles. The Morgan fingerprint density at radius 2 is 1.90 bits per heavy atom. The fourth-order valence-electron chi connectivity index (χ4n) is 3.85. The van der Waals surface area contributed by atoms with Gasteiger partial charge in [0, 0.05) is 43.3 Å². The standard InChI is InChI=1S/C22H31N5O2/c1-3-14-26(15-4-2)21(28)17-8-10-18(11-9-17)25-22(29)27-16-6-5-7-19(27)20-23-12-13-24-20/h8-13,19H,3-7,14-16H2,1-2H3,(H,23,24)(H,25,29)/t19-/m1/s1. The molecule has 7 nitrogen and oxygen atoms in total. The van der Waals surface area contributed by atoms with Gasteiger partial charge < -0.3 is 20.1 Å². The van der Waals surface area contributed by atoms with Gasteiger partial charge in [0.1, 0.15) is 5.82 Å². The lowest BCUT2D eigenvalue weighted by atomic mass is 10.0. The first-order chi connectivity index (χ1) is 14.1. The number of urea groups is 1. The Hall–Kier alpha value is -2.83. The van der Waals surface area contributed by atoms with Crippen LogP contribution in [0.4, 0.5) is 10.5 Å². The lowest BCUT2D eigenvalue weighted by Gasteiger charge is -2.34. The van der Waals surface area contributed by atoms with E-state index in [1.54, 1.807) is 36.7 Å². The van der Waals surface area contributed by atoms with Crippen molar-refractivity contribution in [3.05, 3.63) is 48.0 Å². The van der Waals surface area contributed by atoms with Crippen molar-refractivity contribution >= 4 is 17.6 Å². The minimum Gasteiger partial charge on any atom is -0.347 e. The highest BCUT2D eigenvalue weighted by atomic mass is 16.2. The van der Waals surface area contributed by atoms with Crippen LogP contribution in [0.5, 0.6) is 0 Å². The van der Waals surface area contributed by atoms with E-state index in [4.69, 9.17) is 0 Å². The van der Waals surface area contributed by atoms with E-state index in [-0.39, 0.29) is 18.0 Å². The zero-order valence-electron chi connectivity index (χ0n) is 17.4. The molecule has 2 aromatic rings. The molecule has 3 amide bonds. The number of carbonyl (C=O) groups excluding carboxylic acids is 2. The van der Waals surface area contributed by atoms with Crippen molar-refractivity contribution in [3.63, 3.8) is 0 Å². The second kappa shape index (κ2) is 10.1. The highest BCUT2D eigenvalue weighted by Crippen LogP contribution is 2.29. The maximum absolute atomic E-state index is 12.9. The van der Waals surface area contributed by atoms with Crippen LogP contribution >= 0.6 is 0 Å². The number of carbonyl (C=O) groups is 2. The highest BCUT2D eigenvalue weighted by molar-refractivity contribution is 5.95. The molecule has 1 aromatic carbocycles. The van der Waals surface area contributed by atoms with Crippen LogP contribution in [0.15, 0.2) is 36.7 Å². The van der Waals surface area contributed by atoms with E-state index in [1.807, 2.05) is 9.80 Å². The summed E-state index contributed by atoms with van der Waals surface area (Å²) in [5.74, 6) is 0.869. The fraction of sp³-hybridized carbons (Fsp3) is 0.500. The van der Waals surface area contributed by atoms with Crippen LogP contribution < -0.4 is 5.32 Å². The Morgan fingerprint density at radius 3 is 2.52 bits per heavy atom. The number of rotatable bonds is 7. The molecule has 0 saturated carbocycles. The number of hydrogen-bond donors (Lipinski definition) is 2. The van der Waals surface area contributed by atoms with Gasteiger partial charge in [0.05, 0.1) is 6.04 Å². The lowest BCUT2D eigenvalue weighted by Crippen LogP contribution is -2.41. The number of nitrogens with one attached hydrogen (secondary N) is 2. The molecule has 0 radical (unpaired) electrons. The Bertz CT molecular complexity index is 782. The van der Waals surface area contributed by atoms with Crippen LogP contribution in [-0.4, -0.2) is 51.3 Å². The van der Waals surface area contributed by atoms with Crippen LogP contribution in [0.1, 0.15) is 68.2 Å². The zero-order valence-corrected chi connectivity index (χ0v) is 17.4. The number of likely N-dealkylation sites (tertiary alicyclic amines) is 1. The van der Waals surface area contributed by atoms with Crippen molar-refractivity contribution in [2.24, 2.45) is 0 Å². The number of amides is 3. The van der Waals surface area contributed by atoms with Crippen molar-refractivity contribution in [1.29, 1.82) is 0 Å². The highest BCUT2D eigenvalue weighted by Gasteiger charge is 2.29. The first-order valence-corrected chi connectivity index (χ1v) is 10.6. The first kappa shape index (κ1) is 20.9. The van der Waals surface area contributed by atoms with Gasteiger partial charge in [-0.15, -0.1) is 0 Å². The molecule has 1 fully saturated rings. The Kier molecular flexibility index (Phi) is 7.27. The molecule has 1 aliphatic rings. The van der Waals surface area contributed by atoms with E-state index in [1.165, 1.54) is 0 Å². The summed E-state index contributed by atoms with van der Waals surface area (Å²) < 4.78 is 0. The molecule has 0 spiro atoms. The molecule has 1 aliphatic heterocycles. The maximum atomic E-state index is 12.9. The number of nitrogens with zero attached hydrogens (tertiary/aromatic N) is 3. The minimum atomic E-state index is -0.135. The van der Waals surface area contributed by atoms with Gasteiger partial charge in [-0.2, -0.15) is 0 Å². The quantitative estimate of drug-likeness (QED) is 0.725. The van der Waals surface area contributed by atoms with Gasteiger partial charge in [0.15, 0.2) is 0 Å². The molecular weight excluding hydrogens is 366 g/mol. The van der Waals surface area contributed by atoms with Gasteiger partial charge in [-0.1, -0.05) is 13.8 Å². The number of piperidine rings is 1. The van der Waals surface area contributed by atoms with Crippen LogP contribution in [0.2, 0.25) is 0 Å². The molecule has 29 heavy (non-hydrogen) atoms. The summed E-state index contributed by atoms with van der Waals surface area (Å²) in [5.41, 5.74) is 1.34. The van der Waals surface area contributed by atoms with Gasteiger partial charge in [0.2, 0.25) is 0 Å². The molecule has 3 rings (SSSR count). The van der Waals surface area contributed by atoms with Gasteiger partial charge in [0.25, 0.3) is 5.91 Å². The second-order valence-electron chi connectivity index (χ2n) is 7.48. The lowest BCUT2D eigenvalue weighted by molar-refractivity contribution is 0.0755. The minimum absolute atomic E-state index is 0.0313. The smallest absolute Gasteiger partial charge is 0.322 e. The van der Waals surface area contributed by atoms with E-state index in [0.29, 0.717) is 17.8 Å². The number of hydrogen-bond acceptors (Lipinski definition) is 3. The normalized spacial score (nSPS) is 16.5. The molecule has 0 unspecified atom stereocenters. The number of H-pyrrole nitrogens is 1. The fourth-order valence-corrected chi connectivity index (χ4v) is 3.85. The predicted octanol–water partition coefficient (Wildman–Crippen LogP) is 4.43. The number of aromatic amines is 1. The van der Waals surface area contributed by atoms with Crippen LogP contribution in [0, 0.1) is 0 Å². The monoisotopic (exact) mass is 397 g/mol. The predicted molar refractivity (Wildman–Crippen MR) is 114 cm³/mol. The molecule has 0 bridgehead atoms. The summed E-state index contributed by atoms with van der Waals surface area (Å²) in [4.78, 5) is 36.8. The maximum Gasteiger partial charge on any atom is 0.322 e. The third kappa shape index (κ3) is 5.16. The number of imidazole rings is 1. The SMILES string of the molecule is CCCN(CCC)C(=O)c1ccc(NC(=O)N2CCCC[C@@H]2c2ncc[nH]2)cc1. The third-order valence-corrected chi connectivity index (χ3v) is 5.26. The van der Waals surface area contributed by atoms with Gasteiger partial charge in [-0.3, -0.25) is 4.79 Å². The number of aromatic nitrogens is 2. The zero-order chi connectivity index (χ0) is 20.6. The second-order valence-corrected chi connectivity index (χ2v) is 7.48. The third-order valence-electron chi connectivity index (χ3n) is 5.26.